The van der Waals surface area contributed by atoms with Crippen LogP contribution in [0, 0.1) is 17.0 Å². The van der Waals surface area contributed by atoms with E-state index in [9.17, 15) is 23.7 Å². The molecule has 0 aliphatic rings. The van der Waals surface area contributed by atoms with E-state index in [-0.39, 0.29) is 37.7 Å². The number of hydrogen-bond donors (Lipinski definition) is 1. The molecule has 0 radical (unpaired) electrons. The SMILES string of the molecule is Cc1cc(C(=O)Nc2cc(Cl)cc(Br)c2OC(F)F)ccc1[N+](=O)[O-]. The Balaban J connectivity index is 2.34. The quantitative estimate of drug-likeness (QED) is 0.519. The van der Waals surface area contributed by atoms with E-state index in [2.05, 4.69) is 26.0 Å². The Hall–Kier alpha value is -2.26. The molecule has 1 amide bonds. The largest absolute Gasteiger partial charge is 0.431 e. The average molecular weight is 436 g/mol. The Morgan fingerprint density at radius 2 is 2.04 bits per heavy atom. The summed E-state index contributed by atoms with van der Waals surface area (Å²) in [5, 5.41) is 13.4. The first-order chi connectivity index (χ1) is 11.7. The Kier molecular flexibility index (Phi) is 5.91. The van der Waals surface area contributed by atoms with Crippen molar-refractivity contribution in [3.8, 4) is 5.75 Å². The van der Waals surface area contributed by atoms with Crippen molar-refractivity contribution in [2.75, 3.05) is 5.32 Å². The maximum absolute atomic E-state index is 12.6. The third-order valence-corrected chi connectivity index (χ3v) is 3.93. The van der Waals surface area contributed by atoms with Gasteiger partial charge >= 0.3 is 6.61 Å². The highest BCUT2D eigenvalue weighted by Crippen LogP contribution is 2.37. The van der Waals surface area contributed by atoms with Crippen molar-refractivity contribution < 1.29 is 23.2 Å². The maximum Gasteiger partial charge on any atom is 0.387 e. The summed E-state index contributed by atoms with van der Waals surface area (Å²) >= 11 is 8.91. The summed E-state index contributed by atoms with van der Waals surface area (Å²) in [4.78, 5) is 22.6. The predicted molar refractivity (Wildman–Crippen MR) is 91.6 cm³/mol. The lowest BCUT2D eigenvalue weighted by molar-refractivity contribution is -0.385. The summed E-state index contributed by atoms with van der Waals surface area (Å²) in [6, 6.07) is 6.36. The molecule has 0 heterocycles. The van der Waals surface area contributed by atoms with Gasteiger partial charge in [0.05, 0.1) is 15.1 Å². The number of nitrogens with one attached hydrogen (secondary N) is 1. The number of anilines is 1. The number of nitro groups is 1. The van der Waals surface area contributed by atoms with Crippen LogP contribution in [0.2, 0.25) is 5.02 Å². The standard InChI is InChI=1S/C15H10BrClF2N2O4/c1-7-4-8(2-3-12(7)21(23)24)14(22)20-11-6-9(17)5-10(16)13(11)25-15(18)19/h2-6,15H,1H3,(H,20,22). The highest BCUT2D eigenvalue weighted by atomic mass is 79.9. The first kappa shape index (κ1) is 19.1. The molecule has 0 saturated carbocycles. The number of benzene rings is 2. The van der Waals surface area contributed by atoms with Crippen LogP contribution in [-0.2, 0) is 0 Å². The number of carbonyl (C=O) groups excluding carboxylic acids is 1. The van der Waals surface area contributed by atoms with Crippen LogP contribution in [0.3, 0.4) is 0 Å². The van der Waals surface area contributed by atoms with E-state index < -0.39 is 17.4 Å². The Bertz CT molecular complexity index is 849. The fourth-order valence-electron chi connectivity index (χ4n) is 2.06. The molecule has 0 aliphatic heterocycles. The molecular formula is C15H10BrClF2N2O4. The number of amides is 1. The third-order valence-electron chi connectivity index (χ3n) is 3.12. The molecule has 2 aromatic rings. The number of nitrogens with zero attached hydrogens (tertiary/aromatic N) is 1. The van der Waals surface area contributed by atoms with Gasteiger partial charge in [-0.15, -0.1) is 0 Å². The Morgan fingerprint density at radius 1 is 1.36 bits per heavy atom. The summed E-state index contributed by atoms with van der Waals surface area (Å²) in [5.74, 6) is -0.947. The lowest BCUT2D eigenvalue weighted by atomic mass is 10.1. The van der Waals surface area contributed by atoms with E-state index in [4.69, 9.17) is 11.6 Å². The zero-order chi connectivity index (χ0) is 18.7. The van der Waals surface area contributed by atoms with Gasteiger partial charge in [-0.1, -0.05) is 11.6 Å². The van der Waals surface area contributed by atoms with Gasteiger partial charge in [-0.05, 0) is 47.1 Å². The average Bonchev–Trinajstić information content (AvgIpc) is 2.49. The summed E-state index contributed by atoms with van der Waals surface area (Å²) in [7, 11) is 0. The Labute approximate surface area is 154 Å². The highest BCUT2D eigenvalue weighted by Gasteiger charge is 2.19. The minimum Gasteiger partial charge on any atom is -0.431 e. The maximum atomic E-state index is 12.6. The molecule has 132 valence electrons. The number of ether oxygens (including phenoxy) is 1. The summed E-state index contributed by atoms with van der Waals surface area (Å²) < 4.78 is 29.7. The van der Waals surface area contributed by atoms with Crippen molar-refractivity contribution in [2.45, 2.75) is 13.5 Å². The van der Waals surface area contributed by atoms with Crippen molar-refractivity contribution in [2.24, 2.45) is 0 Å². The van der Waals surface area contributed by atoms with E-state index in [1.54, 1.807) is 0 Å². The van der Waals surface area contributed by atoms with Crippen LogP contribution in [0.25, 0.3) is 0 Å². The molecule has 0 aromatic heterocycles. The lowest BCUT2D eigenvalue weighted by Gasteiger charge is -2.14. The summed E-state index contributed by atoms with van der Waals surface area (Å²) in [5.41, 5.74) is 0.195. The van der Waals surface area contributed by atoms with Crippen LogP contribution in [0.15, 0.2) is 34.8 Å². The topological polar surface area (TPSA) is 81.5 Å². The summed E-state index contributed by atoms with van der Waals surface area (Å²) in [6.45, 7) is -1.62. The van der Waals surface area contributed by atoms with Gasteiger partial charge in [-0.2, -0.15) is 8.78 Å². The molecule has 0 unspecified atom stereocenters. The molecule has 0 spiro atoms. The number of hydrogen-bond acceptors (Lipinski definition) is 4. The first-order valence-electron chi connectivity index (χ1n) is 6.69. The van der Waals surface area contributed by atoms with Crippen LogP contribution in [0.5, 0.6) is 5.75 Å². The van der Waals surface area contributed by atoms with Gasteiger partial charge < -0.3 is 10.1 Å². The van der Waals surface area contributed by atoms with Crippen LogP contribution in [0.4, 0.5) is 20.2 Å². The molecule has 0 bridgehead atoms. The van der Waals surface area contributed by atoms with Gasteiger partial charge in [0, 0.05) is 22.2 Å². The highest BCUT2D eigenvalue weighted by molar-refractivity contribution is 9.10. The van der Waals surface area contributed by atoms with Crippen molar-refractivity contribution in [3.05, 3.63) is 61.1 Å². The minimum absolute atomic E-state index is 0.0688. The van der Waals surface area contributed by atoms with Crippen molar-refractivity contribution >= 4 is 44.8 Å². The molecule has 0 aliphatic carbocycles. The van der Waals surface area contributed by atoms with Crippen molar-refractivity contribution in [1.82, 2.24) is 0 Å². The molecule has 0 saturated heterocycles. The van der Waals surface area contributed by atoms with E-state index in [1.807, 2.05) is 0 Å². The third kappa shape index (κ3) is 4.64. The molecule has 25 heavy (non-hydrogen) atoms. The fraction of sp³-hybridized carbons (Fsp3) is 0.133. The lowest BCUT2D eigenvalue weighted by Crippen LogP contribution is -2.14. The molecular weight excluding hydrogens is 426 g/mol. The van der Waals surface area contributed by atoms with Crippen molar-refractivity contribution in [1.29, 1.82) is 0 Å². The normalized spacial score (nSPS) is 10.6. The number of rotatable bonds is 5. The second-order valence-electron chi connectivity index (χ2n) is 4.86. The number of halogens is 4. The van der Waals surface area contributed by atoms with E-state index >= 15 is 0 Å². The number of carbonyl (C=O) groups is 1. The molecule has 0 fully saturated rings. The van der Waals surface area contributed by atoms with Crippen LogP contribution >= 0.6 is 27.5 Å². The second-order valence-corrected chi connectivity index (χ2v) is 6.15. The smallest absolute Gasteiger partial charge is 0.387 e. The molecule has 6 nitrogen and oxygen atoms in total. The monoisotopic (exact) mass is 434 g/mol. The molecule has 1 N–H and O–H groups in total. The van der Waals surface area contributed by atoms with E-state index in [1.165, 1.54) is 37.3 Å². The molecule has 10 heteroatoms. The van der Waals surface area contributed by atoms with Gasteiger partial charge in [0.25, 0.3) is 11.6 Å². The van der Waals surface area contributed by atoms with Gasteiger partial charge in [0.2, 0.25) is 0 Å². The summed E-state index contributed by atoms with van der Waals surface area (Å²) in [6.07, 6.45) is 0. The number of alkyl halides is 2. The van der Waals surface area contributed by atoms with Crippen LogP contribution < -0.4 is 10.1 Å². The zero-order valence-corrected chi connectivity index (χ0v) is 14.9. The van der Waals surface area contributed by atoms with Gasteiger partial charge in [0.15, 0.2) is 5.75 Å². The zero-order valence-electron chi connectivity index (χ0n) is 12.6. The predicted octanol–water partition coefficient (Wildman–Crippen LogP) is 5.17. The molecule has 2 aromatic carbocycles. The number of aryl methyl sites for hydroxylation is 1. The van der Waals surface area contributed by atoms with Gasteiger partial charge in [-0.3, -0.25) is 14.9 Å². The first-order valence-corrected chi connectivity index (χ1v) is 7.86. The van der Waals surface area contributed by atoms with E-state index in [0.717, 1.165) is 0 Å². The minimum atomic E-state index is -3.10. The second kappa shape index (κ2) is 7.75. The van der Waals surface area contributed by atoms with Crippen LogP contribution in [-0.4, -0.2) is 17.4 Å². The van der Waals surface area contributed by atoms with Gasteiger partial charge in [0.1, 0.15) is 0 Å². The molecule has 0 atom stereocenters. The van der Waals surface area contributed by atoms with Crippen LogP contribution in [0.1, 0.15) is 15.9 Å². The molecule has 2 rings (SSSR count). The van der Waals surface area contributed by atoms with Crippen molar-refractivity contribution in [3.63, 3.8) is 0 Å². The van der Waals surface area contributed by atoms with E-state index in [0.29, 0.717) is 0 Å². The fourth-order valence-corrected chi connectivity index (χ4v) is 2.96. The Morgan fingerprint density at radius 3 is 2.60 bits per heavy atom. The van der Waals surface area contributed by atoms with Gasteiger partial charge in [-0.25, -0.2) is 0 Å². The number of nitro benzene ring substituents is 1.